The summed E-state index contributed by atoms with van der Waals surface area (Å²) in [5, 5.41) is 3.43. The van der Waals surface area contributed by atoms with E-state index in [2.05, 4.69) is 23.5 Å². The molecule has 0 aliphatic heterocycles. The average Bonchev–Trinajstić information content (AvgIpc) is 2.63. The molecule has 1 unspecified atom stereocenters. The summed E-state index contributed by atoms with van der Waals surface area (Å²) in [6, 6.07) is 6.77. The van der Waals surface area contributed by atoms with E-state index in [-0.39, 0.29) is 5.69 Å². The summed E-state index contributed by atoms with van der Waals surface area (Å²) in [6.07, 6.45) is 5.31. The fourth-order valence-electron chi connectivity index (χ4n) is 3.22. The number of imidazole rings is 1. The van der Waals surface area contributed by atoms with Crippen LogP contribution in [0.1, 0.15) is 37.3 Å². The molecule has 1 aromatic heterocycles. The summed E-state index contributed by atoms with van der Waals surface area (Å²) in [7, 11) is 5.70. The predicted octanol–water partition coefficient (Wildman–Crippen LogP) is 2.33. The second-order valence-corrected chi connectivity index (χ2v) is 6.02. The van der Waals surface area contributed by atoms with E-state index < -0.39 is 0 Å². The third-order valence-electron chi connectivity index (χ3n) is 4.84. The second kappa shape index (κ2) is 5.09. The van der Waals surface area contributed by atoms with Crippen molar-refractivity contribution in [3.05, 3.63) is 34.2 Å². The van der Waals surface area contributed by atoms with E-state index in [0.717, 1.165) is 17.0 Å². The minimum atomic E-state index is 0.0390. The number of hydrogen-bond donors (Lipinski definition) is 1. The van der Waals surface area contributed by atoms with Crippen LogP contribution in [0.2, 0.25) is 0 Å². The maximum Gasteiger partial charge on any atom is 0.328 e. The highest BCUT2D eigenvalue weighted by Gasteiger charge is 2.22. The zero-order valence-electron chi connectivity index (χ0n) is 12.5. The molecule has 4 heteroatoms. The van der Waals surface area contributed by atoms with Crippen LogP contribution in [0.3, 0.4) is 0 Å². The van der Waals surface area contributed by atoms with E-state index in [4.69, 9.17) is 0 Å². The van der Waals surface area contributed by atoms with Crippen LogP contribution in [-0.2, 0) is 14.1 Å². The van der Waals surface area contributed by atoms with Crippen LogP contribution in [0.4, 0.5) is 0 Å². The molecule has 20 heavy (non-hydrogen) atoms. The lowest BCUT2D eigenvalue weighted by molar-refractivity contribution is 0.266. The molecule has 1 atom stereocenters. The van der Waals surface area contributed by atoms with Crippen LogP contribution < -0.4 is 11.0 Å². The van der Waals surface area contributed by atoms with Crippen molar-refractivity contribution in [2.24, 2.45) is 20.0 Å². The topological polar surface area (TPSA) is 39.0 Å². The number of aryl methyl sites for hydroxylation is 2. The van der Waals surface area contributed by atoms with E-state index in [0.29, 0.717) is 6.04 Å². The summed E-state index contributed by atoms with van der Waals surface area (Å²) in [5.74, 6) is 0.864. The van der Waals surface area contributed by atoms with Crippen molar-refractivity contribution >= 4 is 11.0 Å². The van der Waals surface area contributed by atoms with E-state index >= 15 is 0 Å². The van der Waals surface area contributed by atoms with Gasteiger partial charge in [-0.15, -0.1) is 0 Å². The summed E-state index contributed by atoms with van der Waals surface area (Å²) in [4.78, 5) is 12.0. The van der Waals surface area contributed by atoms with Gasteiger partial charge in [-0.25, -0.2) is 4.79 Å². The molecule has 3 rings (SSSR count). The highest BCUT2D eigenvalue weighted by molar-refractivity contribution is 5.77. The largest absolute Gasteiger partial charge is 0.328 e. The molecular formula is C16H23N3O. The van der Waals surface area contributed by atoms with Crippen LogP contribution >= 0.6 is 0 Å². The van der Waals surface area contributed by atoms with Crippen molar-refractivity contribution in [3.8, 4) is 0 Å². The van der Waals surface area contributed by atoms with Gasteiger partial charge >= 0.3 is 5.69 Å². The molecular weight excluding hydrogens is 250 g/mol. The molecule has 4 nitrogen and oxygen atoms in total. The van der Waals surface area contributed by atoms with Gasteiger partial charge in [0.2, 0.25) is 0 Å². The summed E-state index contributed by atoms with van der Waals surface area (Å²) >= 11 is 0. The number of fused-ring (bicyclic) bond motifs is 1. The Hall–Kier alpha value is -1.55. The Morgan fingerprint density at radius 3 is 2.55 bits per heavy atom. The fraction of sp³-hybridized carbons (Fsp3) is 0.562. The molecule has 1 heterocycles. The molecule has 108 valence electrons. The van der Waals surface area contributed by atoms with Crippen LogP contribution in [0.25, 0.3) is 11.0 Å². The van der Waals surface area contributed by atoms with Crippen LogP contribution in [0, 0.1) is 5.92 Å². The SMILES string of the molecule is CNC(CC1CCC1)c1ccc2c(c1)n(C)c(=O)n2C. The first-order valence-corrected chi connectivity index (χ1v) is 7.44. The maximum atomic E-state index is 12.0. The highest BCUT2D eigenvalue weighted by atomic mass is 16.1. The lowest BCUT2D eigenvalue weighted by atomic mass is 9.79. The normalized spacial score (nSPS) is 17.4. The van der Waals surface area contributed by atoms with E-state index in [1.165, 1.54) is 31.2 Å². The third-order valence-corrected chi connectivity index (χ3v) is 4.84. The number of aromatic nitrogens is 2. The average molecular weight is 273 g/mol. The Morgan fingerprint density at radius 1 is 1.25 bits per heavy atom. The fourth-order valence-corrected chi connectivity index (χ4v) is 3.22. The van der Waals surface area contributed by atoms with Gasteiger partial charge in [0, 0.05) is 20.1 Å². The van der Waals surface area contributed by atoms with E-state index in [1.54, 1.807) is 9.13 Å². The highest BCUT2D eigenvalue weighted by Crippen LogP contribution is 2.35. The maximum absolute atomic E-state index is 12.0. The number of nitrogens with zero attached hydrogens (tertiary/aromatic N) is 2. The lowest BCUT2D eigenvalue weighted by Crippen LogP contribution is -2.23. The number of benzene rings is 1. The van der Waals surface area contributed by atoms with Gasteiger partial charge < -0.3 is 5.32 Å². The molecule has 1 fully saturated rings. The zero-order chi connectivity index (χ0) is 14.3. The first kappa shape index (κ1) is 13.4. The minimum absolute atomic E-state index is 0.0390. The van der Waals surface area contributed by atoms with Gasteiger partial charge in [-0.05, 0) is 37.1 Å². The standard InChI is InChI=1S/C16H23N3O/c1-17-13(9-11-5-4-6-11)12-7-8-14-15(10-12)19(3)16(20)18(14)2/h7-8,10-11,13,17H,4-6,9H2,1-3H3. The van der Waals surface area contributed by atoms with Crippen LogP contribution in [-0.4, -0.2) is 16.2 Å². The van der Waals surface area contributed by atoms with Crippen molar-refractivity contribution in [2.75, 3.05) is 7.05 Å². The Balaban J connectivity index is 1.98. The molecule has 0 bridgehead atoms. The van der Waals surface area contributed by atoms with Crippen molar-refractivity contribution in [1.29, 1.82) is 0 Å². The van der Waals surface area contributed by atoms with Crippen LogP contribution in [0.5, 0.6) is 0 Å². The first-order valence-electron chi connectivity index (χ1n) is 7.44. The van der Waals surface area contributed by atoms with Gasteiger partial charge in [0.05, 0.1) is 11.0 Å². The molecule has 1 saturated carbocycles. The quantitative estimate of drug-likeness (QED) is 0.928. The Labute approximate surface area is 119 Å². The molecule has 0 saturated heterocycles. The van der Waals surface area contributed by atoms with Gasteiger partial charge in [0.1, 0.15) is 0 Å². The molecule has 1 aliphatic rings. The Bertz CT molecular complexity index is 679. The molecule has 1 aliphatic carbocycles. The number of hydrogen-bond acceptors (Lipinski definition) is 2. The second-order valence-electron chi connectivity index (χ2n) is 6.02. The van der Waals surface area contributed by atoms with Gasteiger partial charge in [0.25, 0.3) is 0 Å². The Kier molecular flexibility index (Phi) is 3.42. The van der Waals surface area contributed by atoms with E-state index in [1.807, 2.05) is 21.1 Å². The molecule has 2 aromatic rings. The van der Waals surface area contributed by atoms with E-state index in [9.17, 15) is 4.79 Å². The monoisotopic (exact) mass is 273 g/mol. The molecule has 0 spiro atoms. The predicted molar refractivity (Wildman–Crippen MR) is 81.9 cm³/mol. The van der Waals surface area contributed by atoms with Gasteiger partial charge in [-0.3, -0.25) is 9.13 Å². The Morgan fingerprint density at radius 2 is 1.95 bits per heavy atom. The number of nitrogens with one attached hydrogen (secondary N) is 1. The van der Waals surface area contributed by atoms with Gasteiger partial charge in [-0.1, -0.05) is 25.3 Å². The summed E-state index contributed by atoms with van der Waals surface area (Å²) < 4.78 is 3.44. The smallest absolute Gasteiger partial charge is 0.313 e. The van der Waals surface area contributed by atoms with Crippen LogP contribution in [0.15, 0.2) is 23.0 Å². The lowest BCUT2D eigenvalue weighted by Gasteiger charge is -2.29. The van der Waals surface area contributed by atoms with Gasteiger partial charge in [-0.2, -0.15) is 0 Å². The summed E-state index contributed by atoms with van der Waals surface area (Å²) in [5.41, 5.74) is 3.34. The molecule has 0 amide bonds. The van der Waals surface area contributed by atoms with Crippen molar-refractivity contribution in [2.45, 2.75) is 31.7 Å². The van der Waals surface area contributed by atoms with Gasteiger partial charge in [0.15, 0.2) is 0 Å². The molecule has 0 radical (unpaired) electrons. The van der Waals surface area contributed by atoms with Crippen molar-refractivity contribution in [1.82, 2.24) is 14.5 Å². The summed E-state index contributed by atoms with van der Waals surface area (Å²) in [6.45, 7) is 0. The first-order chi connectivity index (χ1) is 9.61. The van der Waals surface area contributed by atoms with Crippen molar-refractivity contribution in [3.63, 3.8) is 0 Å². The minimum Gasteiger partial charge on any atom is -0.313 e. The third kappa shape index (κ3) is 2.08. The van der Waals surface area contributed by atoms with Crippen molar-refractivity contribution < 1.29 is 0 Å². The zero-order valence-corrected chi connectivity index (χ0v) is 12.5. The molecule has 1 aromatic carbocycles. The molecule has 1 N–H and O–H groups in total. The number of rotatable bonds is 4.